The molecule has 120 heavy (non-hydrogen) atoms. The van der Waals surface area contributed by atoms with E-state index < -0.39 is 228 Å². The number of nitrogens with two attached hydrogens (primary N) is 3. The molecular formula is C63H81N17O30P5S5-5. The monoisotopic (exact) mass is 1870 g/mol. The number of nitrogen functional groups attached to an aromatic ring is 3. The van der Waals surface area contributed by atoms with Gasteiger partial charge in [-0.15, -0.1) is 0 Å². The first-order chi connectivity index (χ1) is 56.6. The van der Waals surface area contributed by atoms with Gasteiger partial charge in [-0.05, 0) is 48.0 Å². The second-order valence-electron chi connectivity index (χ2n) is 29.8. The lowest BCUT2D eigenvalue weighted by Gasteiger charge is -2.42. The van der Waals surface area contributed by atoms with Gasteiger partial charge in [0.25, 0.3) is 16.7 Å². The molecule has 10 unspecified atom stereocenters. The van der Waals surface area contributed by atoms with Gasteiger partial charge in [-0.3, -0.25) is 56.7 Å². The summed E-state index contributed by atoms with van der Waals surface area (Å²) in [5, 5.41) is 10.9. The van der Waals surface area contributed by atoms with Gasteiger partial charge < -0.3 is 137 Å². The Balaban J connectivity index is 0.684. The van der Waals surface area contributed by atoms with E-state index >= 15 is 9.46 Å². The SMILES string of the molecule is CCCCCCCOP([O-])(=S)OC1C[C@H](n2cnc3c(N)ncnc32)O[C@@H]1COP([O-])(=S)OC1C[C@H](n2cnc3c(=O)[nH]c(N)nc32)O[C@@H]1COP([O-])(=S)OC1[C@@H]2O[C@@H](C)[C@]1(COP(=O)([S-])OC1[C@@H]3O[C@@H](C)[C@]1(COP([O-])(=S)OC1[C@@H]4O[C@@H](C)[C@]1(CO)O[C@H]4n1cc(C)c(=O)[nH]c1=O)O[C@H]3n1cc(C)c(N)nc1=O)O[C@H]2n1cc(C)c(=O)[nH]c1=O. The first-order valence-electron chi connectivity index (χ1n) is 37.3. The van der Waals surface area contributed by atoms with Gasteiger partial charge in [-0.2, -0.15) is 9.97 Å². The van der Waals surface area contributed by atoms with Crippen LogP contribution in [0.15, 0.2) is 66.3 Å². The largest absolute Gasteiger partial charge is 0.780 e. The number of aromatic amines is 3. The highest BCUT2D eigenvalue weighted by Gasteiger charge is 2.71. The van der Waals surface area contributed by atoms with Gasteiger partial charge in [-0.25, -0.2) is 34.3 Å². The predicted molar refractivity (Wildman–Crippen MR) is 423 cm³/mol. The molecule has 0 saturated carbocycles. The van der Waals surface area contributed by atoms with Crippen molar-refractivity contribution in [3.8, 4) is 0 Å². The number of aryl methyl sites for hydroxylation is 3. The molecule has 658 valence electrons. The molecule has 8 fully saturated rings. The van der Waals surface area contributed by atoms with Crippen molar-refractivity contribution >= 4 is 133 Å². The van der Waals surface area contributed by atoms with Crippen molar-refractivity contribution < 1.29 is 112 Å². The Morgan fingerprint density at radius 2 is 1.01 bits per heavy atom. The number of nitrogens with zero attached hydrogens (tertiary/aromatic N) is 11. The van der Waals surface area contributed by atoms with E-state index in [2.05, 4.69) is 51.8 Å². The van der Waals surface area contributed by atoms with Gasteiger partial charge in [0.2, 0.25) is 5.95 Å². The summed E-state index contributed by atoms with van der Waals surface area (Å²) in [5.41, 5.74) is 7.35. The third-order valence-electron chi connectivity index (χ3n) is 22.2. The van der Waals surface area contributed by atoms with E-state index in [9.17, 15) is 48.6 Å². The number of aliphatic hydroxyl groups excluding tert-OH is 1. The van der Waals surface area contributed by atoms with Crippen LogP contribution >= 0.6 is 33.7 Å². The molecule has 0 aliphatic carbocycles. The van der Waals surface area contributed by atoms with Crippen LogP contribution in [0.4, 0.5) is 17.6 Å². The lowest BCUT2D eigenvalue weighted by Crippen LogP contribution is -2.52. The molecular weight excluding hydrogens is 1790 g/mol. The molecule has 26 atom stereocenters. The summed E-state index contributed by atoms with van der Waals surface area (Å²) >= 11 is 27.8. The number of aliphatic hydroxyl groups is 1. The van der Waals surface area contributed by atoms with Crippen LogP contribution in [0.25, 0.3) is 22.3 Å². The molecule has 0 aromatic carbocycles. The Labute approximate surface area is 703 Å². The van der Waals surface area contributed by atoms with E-state index in [-0.39, 0.29) is 76.1 Å². The van der Waals surface area contributed by atoms with Crippen molar-refractivity contribution in [2.75, 3.05) is 56.8 Å². The van der Waals surface area contributed by atoms with Crippen molar-refractivity contribution in [3.05, 3.63) is 117 Å². The molecule has 0 radical (unpaired) electrons. The topological polar surface area (TPSA) is 626 Å². The molecule has 0 spiro atoms. The smallest absolute Gasteiger partial charge is 0.351 e. The lowest BCUT2D eigenvalue weighted by molar-refractivity contribution is -0.240. The zero-order valence-electron chi connectivity index (χ0n) is 64.3. The van der Waals surface area contributed by atoms with Gasteiger partial charge >= 0.3 is 17.1 Å². The van der Waals surface area contributed by atoms with Gasteiger partial charge in [-0.1, -0.05) is 79.8 Å². The van der Waals surface area contributed by atoms with E-state index in [1.807, 2.05) is 0 Å². The van der Waals surface area contributed by atoms with Crippen LogP contribution in [0.1, 0.15) is 120 Å². The van der Waals surface area contributed by atoms with Crippen LogP contribution < -0.4 is 70.5 Å². The molecule has 0 amide bonds. The van der Waals surface area contributed by atoms with Crippen molar-refractivity contribution in [3.63, 3.8) is 0 Å². The fourth-order valence-electron chi connectivity index (χ4n) is 15.9. The predicted octanol–water partition coefficient (Wildman–Crippen LogP) is -1.31. The fraction of sp³-hybridized carbons (Fsp3) is 0.651. The minimum atomic E-state index is -5.20. The number of aromatic nitrogens is 14. The Hall–Kier alpha value is -5.20. The Bertz CT molecular complexity index is 5750. The molecule has 15 rings (SSSR count). The molecule has 8 aliphatic rings. The minimum absolute atomic E-state index is 0.00436. The van der Waals surface area contributed by atoms with Crippen LogP contribution in [0.3, 0.4) is 0 Å². The summed E-state index contributed by atoms with van der Waals surface area (Å²) in [6.45, 7) is -17.9. The molecule has 10 N–H and O–H groups in total. The molecule has 8 saturated heterocycles. The summed E-state index contributed by atoms with van der Waals surface area (Å²) in [7, 11) is 0. The maximum absolute atomic E-state index is 15.4. The van der Waals surface area contributed by atoms with Gasteiger partial charge in [0.15, 0.2) is 48.1 Å². The van der Waals surface area contributed by atoms with Crippen LogP contribution in [-0.4, -0.2) is 209 Å². The summed E-state index contributed by atoms with van der Waals surface area (Å²) in [6.07, 6.45) is -14.0. The lowest BCUT2D eigenvalue weighted by atomic mass is 9.94. The molecule has 7 aromatic rings. The average molecular weight is 1870 g/mol. The second kappa shape index (κ2) is 34.2. The van der Waals surface area contributed by atoms with Crippen LogP contribution in [0.5, 0.6) is 0 Å². The van der Waals surface area contributed by atoms with E-state index in [1.165, 1.54) is 82.1 Å². The number of ether oxygens (including phenoxy) is 8. The highest BCUT2D eigenvalue weighted by molar-refractivity contribution is 8.32. The third-order valence-corrected chi connectivity index (χ3v) is 29.9. The Kier molecular flexibility index (Phi) is 25.5. The Morgan fingerprint density at radius 1 is 0.542 bits per heavy atom. The average Bonchev–Trinajstić information content (AvgIpc) is 1.55. The number of anilines is 3. The molecule has 57 heteroatoms. The second-order valence-corrected chi connectivity index (χ2v) is 43.3. The number of H-pyrrole nitrogens is 3. The summed E-state index contributed by atoms with van der Waals surface area (Å²) in [5.74, 6) is -0.395. The van der Waals surface area contributed by atoms with E-state index in [0.29, 0.717) is 6.42 Å². The first-order valence-corrected chi connectivity index (χ1v) is 50.1. The number of fused-ring (bicyclic) bond motifs is 8. The van der Waals surface area contributed by atoms with E-state index in [1.54, 1.807) is 0 Å². The Morgan fingerprint density at radius 3 is 1.57 bits per heavy atom. The fourth-order valence-corrected chi connectivity index (χ4v) is 23.2. The highest BCUT2D eigenvalue weighted by Crippen LogP contribution is 2.63. The van der Waals surface area contributed by atoms with E-state index in [0.717, 1.165) is 45.6 Å². The van der Waals surface area contributed by atoms with Crippen LogP contribution in [0.2, 0.25) is 0 Å². The number of imidazole rings is 2. The van der Waals surface area contributed by atoms with Crippen molar-refractivity contribution in [2.45, 2.75) is 221 Å². The molecule has 47 nitrogen and oxygen atoms in total. The summed E-state index contributed by atoms with van der Waals surface area (Å²) < 4.78 is 133. The van der Waals surface area contributed by atoms with Crippen LogP contribution in [0, 0.1) is 20.8 Å². The number of rotatable bonds is 35. The molecule has 7 aromatic heterocycles. The highest BCUT2D eigenvalue weighted by atomic mass is 32.7. The molecule has 15 heterocycles. The third kappa shape index (κ3) is 17.4. The molecule has 8 aliphatic heterocycles. The standard InChI is InChI=1S/C63H86N17O30P5S5/c1-8-9-10-11-12-13-93-111(88,116)106-33-14-37(79-25-69-39-48(65)67-24-68-49(39)79)101-35(33)19-94-112(89,117)107-34-15-38(80-26-70-40-50(80)72-57(66)73-53(40)84)102-36(34)20-95-113(90,118)109-45-42-56(78-18-29(4)52(83)75-60(78)87)105-62(45,31(6)99-42)22-97-115(92,120)110-46-43-55(76-16-27(2)47(64)71-58(76)85)104-63(46,32(7)100-43)23-96-114(91,119)108-44-41-54(103-61(44,21-81)30(5)98-41)77-17-28(3)51(82)74-59(77)86/h16-18,24-26,30-38,41-46,54-56,81H,8-15,19-23H2,1-7H3,(H,88,116)(H,89,117)(H,90,118)(H,91,119)(H,92,120)(H2,64,71,85)(H2,65,67,68)(H,74,82,86)(H,75,83,87)(H3,66,72,73,84)/p-5/t30-,31-,32-,33?,34?,35+,36+,37+,38+,41-,42-,43-,44?,45?,46?,54+,55+,56+,61-,62-,63-,111?,112?,113?,114?,115?/m0/s1. The number of hydrogen-bond acceptors (Lipinski definition) is 44. The van der Waals surface area contributed by atoms with Crippen molar-refractivity contribution in [2.24, 2.45) is 0 Å². The normalized spacial score (nSPS) is 33.8. The van der Waals surface area contributed by atoms with Crippen molar-refractivity contribution in [1.29, 1.82) is 0 Å². The molecule has 6 bridgehead atoms. The van der Waals surface area contributed by atoms with Crippen molar-refractivity contribution in [1.82, 2.24) is 67.7 Å². The summed E-state index contributed by atoms with van der Waals surface area (Å²) in [6, 6.07) is 0. The van der Waals surface area contributed by atoms with Gasteiger partial charge in [0.1, 0.15) is 123 Å². The van der Waals surface area contributed by atoms with Gasteiger partial charge in [0.05, 0.1) is 82.8 Å². The quantitative estimate of drug-likeness (QED) is 0.0138. The first kappa shape index (κ1) is 89.6. The van der Waals surface area contributed by atoms with E-state index in [4.69, 9.17) is 160 Å². The zero-order valence-corrected chi connectivity index (χ0v) is 72.8. The minimum Gasteiger partial charge on any atom is -0.780 e. The number of nitrogens with one attached hydrogen (secondary N) is 3. The maximum Gasteiger partial charge on any atom is 0.351 e. The summed E-state index contributed by atoms with van der Waals surface area (Å²) in [4.78, 5) is 169. The van der Waals surface area contributed by atoms with Gasteiger partial charge in [0, 0.05) is 48.1 Å². The van der Waals surface area contributed by atoms with Crippen LogP contribution in [-0.2, 0) is 147 Å². The maximum atomic E-state index is 15.4. The number of hydrogen-bond donors (Lipinski definition) is 7. The zero-order chi connectivity index (χ0) is 86.0. The number of unbranched alkanes of at least 4 members (excludes halogenated alkanes) is 4.